The normalized spacial score (nSPS) is 14.5. The molecule has 0 unspecified atom stereocenters. The first kappa shape index (κ1) is 48.4. The van der Waals surface area contributed by atoms with Crippen LogP contribution in [0.5, 0.6) is 0 Å². The van der Waals surface area contributed by atoms with Gasteiger partial charge in [0, 0.05) is 24.3 Å². The van der Waals surface area contributed by atoms with Gasteiger partial charge in [-0.3, -0.25) is 0 Å². The van der Waals surface area contributed by atoms with Gasteiger partial charge in [-0.25, -0.2) is 0 Å². The van der Waals surface area contributed by atoms with E-state index in [4.69, 9.17) is 42.1 Å². The Balaban J connectivity index is 0.000000520. The third-order valence-corrected chi connectivity index (χ3v) is 23.4. The van der Waals surface area contributed by atoms with Crippen molar-refractivity contribution in [1.82, 2.24) is 0 Å². The van der Waals surface area contributed by atoms with Crippen LogP contribution in [0.4, 0.5) is 0 Å². The maximum absolute atomic E-state index is 10.8. The molecule has 0 radical (unpaired) electrons. The van der Waals surface area contributed by atoms with Crippen LogP contribution in [0.2, 0.25) is 43.3 Å². The minimum atomic E-state index is -1.91. The van der Waals surface area contributed by atoms with Crippen LogP contribution in [-0.2, 0) is 18.9 Å². The molecule has 0 spiro atoms. The fraction of sp³-hybridized carbons (Fsp3) is 0.619. The topological polar surface area (TPSA) is 77.4 Å². The van der Waals surface area contributed by atoms with E-state index in [1.807, 2.05) is 24.3 Å². The molecular formula is C42H66Cl2O6Si2. The number of ether oxygens (including phenoxy) is 4. The molecule has 0 amide bonds. The largest absolute Gasteiger partial charge is 0.377 e. The Morgan fingerprint density at radius 2 is 0.750 bits per heavy atom. The molecule has 0 heterocycles. The Morgan fingerprint density at radius 1 is 0.500 bits per heavy atom. The van der Waals surface area contributed by atoms with E-state index in [0.29, 0.717) is 43.3 Å². The van der Waals surface area contributed by atoms with Gasteiger partial charge in [0.25, 0.3) is 0 Å². The minimum absolute atomic E-state index is 0.0904. The molecule has 4 atom stereocenters. The van der Waals surface area contributed by atoms with Crippen LogP contribution >= 0.6 is 23.2 Å². The predicted octanol–water partition coefficient (Wildman–Crippen LogP) is 11.2. The molecule has 2 aromatic carbocycles. The predicted molar refractivity (Wildman–Crippen MR) is 224 cm³/mol. The van der Waals surface area contributed by atoms with E-state index in [2.05, 4.69) is 106 Å². The summed E-state index contributed by atoms with van der Waals surface area (Å²) in [4.78, 5) is 0. The number of hydrogen-bond acceptors (Lipinski definition) is 6. The number of benzene rings is 2. The van der Waals surface area contributed by atoms with E-state index in [1.165, 1.54) is 0 Å². The van der Waals surface area contributed by atoms with Gasteiger partial charge in [0.2, 0.25) is 0 Å². The zero-order chi connectivity index (χ0) is 39.8. The lowest BCUT2D eigenvalue weighted by molar-refractivity contribution is -0.102. The van der Waals surface area contributed by atoms with Crippen molar-refractivity contribution in [3.8, 4) is 22.9 Å². The lowest BCUT2D eigenvalue weighted by atomic mass is 10.0. The van der Waals surface area contributed by atoms with Crippen LogP contribution in [0.15, 0.2) is 48.5 Å². The molecule has 0 aliphatic rings. The molecule has 0 aliphatic heterocycles. The third kappa shape index (κ3) is 13.3. The van der Waals surface area contributed by atoms with Crippen molar-refractivity contribution in [1.29, 1.82) is 0 Å². The Bertz CT molecular complexity index is 1270. The van der Waals surface area contributed by atoms with Crippen molar-refractivity contribution in [3.05, 3.63) is 69.7 Å². The molecule has 0 saturated carbocycles. The number of halogens is 2. The first-order valence-electron chi connectivity index (χ1n) is 18.5. The molecule has 6 nitrogen and oxygen atoms in total. The summed E-state index contributed by atoms with van der Waals surface area (Å²) in [7, 11) is -0.691. The summed E-state index contributed by atoms with van der Waals surface area (Å²) in [6, 6.07) is 14.6. The number of hydrogen-bond donors (Lipinski definition) is 2. The van der Waals surface area contributed by atoms with Crippen LogP contribution in [0.3, 0.4) is 0 Å². The van der Waals surface area contributed by atoms with Gasteiger partial charge in [-0.15, -0.1) is 11.1 Å². The molecule has 292 valence electrons. The number of aliphatic hydroxyl groups is 2. The molecule has 0 fully saturated rings. The molecular weight excluding hydrogens is 728 g/mol. The second kappa shape index (κ2) is 23.3. The van der Waals surface area contributed by atoms with Crippen molar-refractivity contribution in [3.63, 3.8) is 0 Å². The van der Waals surface area contributed by atoms with E-state index < -0.39 is 40.6 Å². The molecule has 0 bridgehead atoms. The zero-order valence-electron chi connectivity index (χ0n) is 34.1. The standard InChI is InChI=1S/2C21H33ClO3Si/c2*1-15(2)26(16(3)4,17(5)6)13-12-20(23)21(25-14-24-7)18-8-10-19(22)11-9-18/h2*8-11,15-17,20-21,23H,14H2,1-7H3/t2*20-,21-/m10/s1. The fourth-order valence-corrected chi connectivity index (χ4v) is 18.5. The highest BCUT2D eigenvalue weighted by Gasteiger charge is 2.43. The van der Waals surface area contributed by atoms with Gasteiger partial charge in [0.1, 0.15) is 54.1 Å². The van der Waals surface area contributed by atoms with Crippen LogP contribution in [0.25, 0.3) is 0 Å². The number of rotatable bonds is 16. The number of aliphatic hydroxyl groups excluding tert-OH is 2. The highest BCUT2D eigenvalue weighted by atomic mass is 35.5. The average Bonchev–Trinajstić information content (AvgIpc) is 3.06. The Kier molecular flexibility index (Phi) is 21.7. The highest BCUT2D eigenvalue weighted by Crippen LogP contribution is 2.42. The zero-order valence-corrected chi connectivity index (χ0v) is 37.6. The molecule has 0 saturated heterocycles. The lowest BCUT2D eigenvalue weighted by Crippen LogP contribution is -2.43. The summed E-state index contributed by atoms with van der Waals surface area (Å²) in [6.45, 7) is 27.2. The first-order valence-corrected chi connectivity index (χ1v) is 23.7. The summed E-state index contributed by atoms with van der Waals surface area (Å²) in [5.41, 5.74) is 11.8. The molecule has 10 heteroatoms. The molecule has 2 aromatic rings. The van der Waals surface area contributed by atoms with Crippen LogP contribution in [-0.4, -0.2) is 66.4 Å². The van der Waals surface area contributed by atoms with Crippen LogP contribution < -0.4 is 0 Å². The molecule has 0 aliphatic carbocycles. The van der Waals surface area contributed by atoms with Crippen LogP contribution in [0, 0.1) is 22.9 Å². The fourth-order valence-electron chi connectivity index (χ4n) is 7.74. The van der Waals surface area contributed by atoms with Crippen molar-refractivity contribution in [2.75, 3.05) is 27.8 Å². The smallest absolute Gasteiger partial charge is 0.147 e. The maximum atomic E-state index is 10.8. The minimum Gasteiger partial charge on any atom is -0.377 e. The Labute approximate surface area is 328 Å². The van der Waals surface area contributed by atoms with E-state index in [1.54, 1.807) is 38.5 Å². The van der Waals surface area contributed by atoms with E-state index >= 15 is 0 Å². The van der Waals surface area contributed by atoms with Crippen molar-refractivity contribution in [2.45, 2.75) is 141 Å². The summed E-state index contributed by atoms with van der Waals surface area (Å²) in [6.07, 6.45) is -2.99. The van der Waals surface area contributed by atoms with Gasteiger partial charge >= 0.3 is 0 Å². The second-order valence-electron chi connectivity index (χ2n) is 15.3. The monoisotopic (exact) mass is 792 g/mol. The summed E-state index contributed by atoms with van der Waals surface area (Å²) < 4.78 is 21.5. The summed E-state index contributed by atoms with van der Waals surface area (Å²) in [5.74, 6) is 6.29. The van der Waals surface area contributed by atoms with E-state index in [-0.39, 0.29) is 13.6 Å². The quantitative estimate of drug-likeness (QED) is 0.100. The molecule has 0 aromatic heterocycles. The van der Waals surface area contributed by atoms with Crippen molar-refractivity contribution in [2.24, 2.45) is 0 Å². The van der Waals surface area contributed by atoms with Gasteiger partial charge in [0.05, 0.1) is 0 Å². The van der Waals surface area contributed by atoms with Crippen LogP contribution in [0.1, 0.15) is 106 Å². The average molecular weight is 794 g/mol. The van der Waals surface area contributed by atoms with E-state index in [9.17, 15) is 10.2 Å². The van der Waals surface area contributed by atoms with Crippen molar-refractivity contribution >= 4 is 39.3 Å². The maximum Gasteiger partial charge on any atom is 0.147 e. The van der Waals surface area contributed by atoms with Gasteiger partial charge in [-0.2, -0.15) is 0 Å². The second-order valence-corrected chi connectivity index (χ2v) is 27.3. The summed E-state index contributed by atoms with van der Waals surface area (Å²) in [5, 5.41) is 22.9. The van der Waals surface area contributed by atoms with Gasteiger partial charge < -0.3 is 29.2 Å². The molecule has 52 heavy (non-hydrogen) atoms. The SMILES string of the molecule is COCO[C@@H](c1ccc(Cl)cc1)[C@@H](O)C#C[Si](C(C)C)(C(C)C)C(C)C.COCO[C@H](c1ccc(Cl)cc1)[C@H](O)C#C[Si](C(C)C)(C(C)C)C(C)C. The molecule has 2 N–H and O–H groups in total. The third-order valence-electron chi connectivity index (χ3n) is 10.3. The van der Waals surface area contributed by atoms with Gasteiger partial charge in [0.15, 0.2) is 0 Å². The highest BCUT2D eigenvalue weighted by molar-refractivity contribution is 6.91. The first-order chi connectivity index (χ1) is 24.3. The Hall–Kier alpha value is -1.67. The lowest BCUT2D eigenvalue weighted by Gasteiger charge is -2.38. The summed E-state index contributed by atoms with van der Waals surface area (Å²) >= 11 is 12.0. The Morgan fingerprint density at radius 3 is 0.962 bits per heavy atom. The molecule has 2 rings (SSSR count). The van der Waals surface area contributed by atoms with Gasteiger partial charge in [-0.1, -0.05) is 142 Å². The van der Waals surface area contributed by atoms with Crippen molar-refractivity contribution < 1.29 is 29.2 Å². The number of methoxy groups -OCH3 is 2. The van der Waals surface area contributed by atoms with Gasteiger partial charge in [-0.05, 0) is 68.6 Å². The van der Waals surface area contributed by atoms with E-state index in [0.717, 1.165) is 11.1 Å².